The predicted molar refractivity (Wildman–Crippen MR) is 91.1 cm³/mol. The maximum atomic E-state index is 13.2. The average Bonchev–Trinajstić information content (AvgIpc) is 3.19. The first kappa shape index (κ1) is 18.7. The van der Waals surface area contributed by atoms with Crippen LogP contribution >= 0.6 is 0 Å². The van der Waals surface area contributed by atoms with Gasteiger partial charge in [-0.1, -0.05) is 6.07 Å². The Balaban J connectivity index is 1.62. The van der Waals surface area contributed by atoms with Crippen molar-refractivity contribution in [2.45, 2.75) is 38.2 Å². The lowest BCUT2D eigenvalue weighted by atomic mass is 10.0. The van der Waals surface area contributed by atoms with Crippen molar-refractivity contribution in [3.8, 4) is 5.75 Å². The standard InChI is InChI=1S/C20H15F6NO/c21-19(22,23)12-5-4-11(16(8-12)20(24,25)26)10-28-13-6-7-18-15(9-13)14-2-1-3-17(14)27-18/h4-9,27H,1-3,10H2. The van der Waals surface area contributed by atoms with Crippen molar-refractivity contribution < 1.29 is 31.1 Å². The number of hydrogen-bond donors (Lipinski definition) is 1. The first-order chi connectivity index (χ1) is 13.1. The molecule has 2 aromatic carbocycles. The Morgan fingerprint density at radius 1 is 0.893 bits per heavy atom. The highest BCUT2D eigenvalue weighted by molar-refractivity contribution is 5.86. The van der Waals surface area contributed by atoms with Crippen LogP contribution in [0.2, 0.25) is 0 Å². The van der Waals surface area contributed by atoms with Gasteiger partial charge in [0.1, 0.15) is 12.4 Å². The summed E-state index contributed by atoms with van der Waals surface area (Å²) in [5.41, 5.74) is 0.251. The molecule has 0 atom stereocenters. The van der Waals surface area contributed by atoms with Crippen molar-refractivity contribution in [2.24, 2.45) is 0 Å². The maximum Gasteiger partial charge on any atom is 0.416 e. The molecular formula is C20H15F6NO. The van der Waals surface area contributed by atoms with Gasteiger partial charge in [0.05, 0.1) is 11.1 Å². The molecule has 1 aliphatic rings. The number of aryl methyl sites for hydroxylation is 2. The highest BCUT2D eigenvalue weighted by Crippen LogP contribution is 2.38. The number of H-pyrrole nitrogens is 1. The second-order valence-electron chi connectivity index (χ2n) is 6.80. The van der Waals surface area contributed by atoms with E-state index in [2.05, 4.69) is 4.98 Å². The van der Waals surface area contributed by atoms with Crippen molar-refractivity contribution >= 4 is 10.9 Å². The minimum atomic E-state index is -4.91. The first-order valence-electron chi connectivity index (χ1n) is 8.66. The molecule has 0 saturated heterocycles. The predicted octanol–water partition coefficient (Wildman–Crippen LogP) is 6.27. The molecule has 0 fully saturated rings. The highest BCUT2D eigenvalue weighted by atomic mass is 19.4. The summed E-state index contributed by atoms with van der Waals surface area (Å²) >= 11 is 0. The number of ether oxygens (including phenoxy) is 1. The molecule has 2 nitrogen and oxygen atoms in total. The Morgan fingerprint density at radius 2 is 1.68 bits per heavy atom. The summed E-state index contributed by atoms with van der Waals surface area (Å²) in [5, 5.41) is 0.966. The fourth-order valence-corrected chi connectivity index (χ4v) is 3.62. The molecule has 1 heterocycles. The molecule has 0 aliphatic heterocycles. The van der Waals surface area contributed by atoms with Crippen LogP contribution < -0.4 is 4.74 Å². The largest absolute Gasteiger partial charge is 0.489 e. The van der Waals surface area contributed by atoms with E-state index in [-0.39, 0.29) is 11.6 Å². The molecule has 1 N–H and O–H groups in total. The summed E-state index contributed by atoms with van der Waals surface area (Å²) in [6, 6.07) is 6.76. The van der Waals surface area contributed by atoms with Crippen LogP contribution in [0.1, 0.15) is 34.4 Å². The van der Waals surface area contributed by atoms with E-state index >= 15 is 0 Å². The van der Waals surface area contributed by atoms with E-state index in [4.69, 9.17) is 4.74 Å². The molecule has 0 saturated carbocycles. The average molecular weight is 399 g/mol. The molecular weight excluding hydrogens is 384 g/mol. The molecule has 8 heteroatoms. The van der Waals surface area contributed by atoms with E-state index in [9.17, 15) is 26.3 Å². The second kappa shape index (κ2) is 6.46. The Bertz CT molecular complexity index is 1030. The van der Waals surface area contributed by atoms with Crippen molar-refractivity contribution in [1.29, 1.82) is 0 Å². The molecule has 1 aromatic heterocycles. The topological polar surface area (TPSA) is 25.0 Å². The molecule has 0 bridgehead atoms. The lowest BCUT2D eigenvalue weighted by Gasteiger charge is -2.16. The molecule has 3 aromatic rings. The molecule has 4 rings (SSSR count). The van der Waals surface area contributed by atoms with Gasteiger partial charge in [0.2, 0.25) is 0 Å². The molecule has 0 unspecified atom stereocenters. The van der Waals surface area contributed by atoms with Crippen LogP contribution in [0.4, 0.5) is 26.3 Å². The van der Waals surface area contributed by atoms with Crippen molar-refractivity contribution in [3.05, 3.63) is 64.3 Å². The normalized spacial score (nSPS) is 14.5. The summed E-state index contributed by atoms with van der Waals surface area (Å²) in [6.07, 6.45) is -6.83. The number of benzene rings is 2. The lowest BCUT2D eigenvalue weighted by Crippen LogP contribution is -2.14. The van der Waals surface area contributed by atoms with Crippen LogP contribution in [0, 0.1) is 0 Å². The summed E-state index contributed by atoms with van der Waals surface area (Å²) in [7, 11) is 0. The Morgan fingerprint density at radius 3 is 2.39 bits per heavy atom. The van der Waals surface area contributed by atoms with E-state index in [1.807, 2.05) is 0 Å². The van der Waals surface area contributed by atoms with Crippen LogP contribution in [0.25, 0.3) is 10.9 Å². The fourth-order valence-electron chi connectivity index (χ4n) is 3.62. The van der Waals surface area contributed by atoms with Crippen LogP contribution in [0.5, 0.6) is 5.75 Å². The summed E-state index contributed by atoms with van der Waals surface area (Å²) in [6.45, 7) is -0.481. The molecule has 148 valence electrons. The Kier molecular flexibility index (Phi) is 4.32. The van der Waals surface area contributed by atoms with Crippen molar-refractivity contribution in [3.63, 3.8) is 0 Å². The van der Waals surface area contributed by atoms with Crippen LogP contribution in [-0.4, -0.2) is 4.98 Å². The van der Waals surface area contributed by atoms with Gasteiger partial charge >= 0.3 is 12.4 Å². The number of hydrogen-bond acceptors (Lipinski definition) is 1. The maximum absolute atomic E-state index is 13.2. The van der Waals surface area contributed by atoms with Gasteiger partial charge in [0.25, 0.3) is 0 Å². The number of aromatic amines is 1. The van der Waals surface area contributed by atoms with Gasteiger partial charge in [-0.25, -0.2) is 0 Å². The van der Waals surface area contributed by atoms with Crippen molar-refractivity contribution in [2.75, 3.05) is 0 Å². The molecule has 0 spiro atoms. The number of nitrogens with one attached hydrogen (secondary N) is 1. The van der Waals surface area contributed by atoms with Gasteiger partial charge in [-0.2, -0.15) is 26.3 Å². The Hall–Kier alpha value is -2.64. The van der Waals surface area contributed by atoms with E-state index in [0.29, 0.717) is 11.8 Å². The third-order valence-electron chi connectivity index (χ3n) is 4.96. The van der Waals surface area contributed by atoms with Crippen LogP contribution in [0.3, 0.4) is 0 Å². The zero-order valence-electron chi connectivity index (χ0n) is 14.5. The van der Waals surface area contributed by atoms with Gasteiger partial charge in [0, 0.05) is 22.2 Å². The lowest BCUT2D eigenvalue weighted by molar-refractivity contribution is -0.143. The SMILES string of the molecule is FC(F)(F)c1ccc(COc2ccc3[nH]c4c(c3c2)CCC4)c(C(F)(F)F)c1. The molecule has 1 aliphatic carbocycles. The van der Waals surface area contributed by atoms with Gasteiger partial charge < -0.3 is 9.72 Å². The minimum Gasteiger partial charge on any atom is -0.489 e. The quantitative estimate of drug-likeness (QED) is 0.516. The van der Waals surface area contributed by atoms with Crippen LogP contribution in [-0.2, 0) is 31.8 Å². The van der Waals surface area contributed by atoms with Gasteiger partial charge in [-0.05, 0) is 55.2 Å². The molecule has 0 radical (unpaired) electrons. The summed E-state index contributed by atoms with van der Waals surface area (Å²) in [4.78, 5) is 3.32. The summed E-state index contributed by atoms with van der Waals surface area (Å²) < 4.78 is 83.5. The number of halogens is 6. The monoisotopic (exact) mass is 399 g/mol. The highest BCUT2D eigenvalue weighted by Gasteiger charge is 2.38. The summed E-state index contributed by atoms with van der Waals surface area (Å²) in [5.74, 6) is 0.370. The smallest absolute Gasteiger partial charge is 0.416 e. The fraction of sp³-hybridized carbons (Fsp3) is 0.300. The number of aromatic nitrogens is 1. The third-order valence-corrected chi connectivity index (χ3v) is 4.96. The van der Waals surface area contributed by atoms with Crippen LogP contribution in [0.15, 0.2) is 36.4 Å². The Labute approximate surface area is 156 Å². The minimum absolute atomic E-state index is 0.126. The zero-order chi connectivity index (χ0) is 20.1. The zero-order valence-corrected chi connectivity index (χ0v) is 14.5. The number of rotatable bonds is 3. The van der Waals surface area contributed by atoms with Gasteiger partial charge in [-0.15, -0.1) is 0 Å². The number of fused-ring (bicyclic) bond motifs is 3. The van der Waals surface area contributed by atoms with E-state index in [1.54, 1.807) is 18.2 Å². The second-order valence-corrected chi connectivity index (χ2v) is 6.80. The van der Waals surface area contributed by atoms with Crippen molar-refractivity contribution in [1.82, 2.24) is 4.98 Å². The van der Waals surface area contributed by atoms with E-state index in [1.165, 1.54) is 5.56 Å². The third kappa shape index (κ3) is 3.43. The molecule has 0 amide bonds. The molecule has 28 heavy (non-hydrogen) atoms. The first-order valence-corrected chi connectivity index (χ1v) is 8.66. The van der Waals surface area contributed by atoms with E-state index < -0.39 is 30.1 Å². The van der Waals surface area contributed by atoms with E-state index in [0.717, 1.165) is 41.9 Å². The number of alkyl halides is 6. The van der Waals surface area contributed by atoms with Gasteiger partial charge in [0.15, 0.2) is 0 Å². The van der Waals surface area contributed by atoms with Gasteiger partial charge in [-0.3, -0.25) is 0 Å².